The maximum absolute atomic E-state index is 12.8. The molecule has 2 rings (SSSR count). The molecule has 1 aromatic rings. The van der Waals surface area contributed by atoms with Crippen molar-refractivity contribution in [2.75, 3.05) is 14.2 Å². The molecule has 0 bridgehead atoms. The van der Waals surface area contributed by atoms with Crippen LogP contribution in [0.2, 0.25) is 0 Å². The molecule has 0 spiro atoms. The van der Waals surface area contributed by atoms with E-state index in [-0.39, 0.29) is 10.9 Å². The zero-order valence-corrected chi connectivity index (χ0v) is 16.3. The molecule has 7 heteroatoms. The van der Waals surface area contributed by atoms with Gasteiger partial charge in [-0.2, -0.15) is 0 Å². The molecule has 3 atom stereocenters. The SMILES string of the molecule is COc1cc(Br)c(S(=O)(=O)N[C@@H]2CCC[C@@H](C)[C@H]2C)cc1OC. The molecule has 5 nitrogen and oxygen atoms in total. The third-order valence-corrected chi connectivity index (χ3v) is 7.19. The van der Waals surface area contributed by atoms with E-state index < -0.39 is 10.0 Å². The van der Waals surface area contributed by atoms with Crippen LogP contribution in [-0.4, -0.2) is 28.7 Å². The monoisotopic (exact) mass is 405 g/mol. The number of hydrogen-bond donors (Lipinski definition) is 1. The van der Waals surface area contributed by atoms with Crippen LogP contribution in [0.3, 0.4) is 0 Å². The van der Waals surface area contributed by atoms with E-state index in [9.17, 15) is 8.42 Å². The normalized spacial score (nSPS) is 25.2. The van der Waals surface area contributed by atoms with Crippen LogP contribution in [0, 0.1) is 11.8 Å². The molecule has 23 heavy (non-hydrogen) atoms. The molecule has 1 saturated carbocycles. The fourth-order valence-corrected chi connectivity index (χ4v) is 5.45. The molecule has 0 saturated heterocycles. The molecule has 0 radical (unpaired) electrons. The molecule has 0 heterocycles. The summed E-state index contributed by atoms with van der Waals surface area (Å²) in [7, 11) is -0.635. The predicted octanol–water partition coefficient (Wildman–Crippen LogP) is 3.57. The molecular formula is C16H24BrNO4S. The molecule has 130 valence electrons. The van der Waals surface area contributed by atoms with Crippen molar-refractivity contribution >= 4 is 26.0 Å². The van der Waals surface area contributed by atoms with Crippen molar-refractivity contribution in [2.24, 2.45) is 11.8 Å². The molecule has 0 amide bonds. The number of sulfonamides is 1. The first-order chi connectivity index (χ1) is 10.8. The second-order valence-electron chi connectivity index (χ2n) is 6.13. The highest BCUT2D eigenvalue weighted by molar-refractivity contribution is 9.10. The summed E-state index contributed by atoms with van der Waals surface area (Å²) < 4.78 is 39.3. The average Bonchev–Trinajstić information content (AvgIpc) is 2.51. The van der Waals surface area contributed by atoms with Gasteiger partial charge in [0.1, 0.15) is 4.90 Å². The highest BCUT2D eigenvalue weighted by atomic mass is 79.9. The van der Waals surface area contributed by atoms with Crippen molar-refractivity contribution in [3.63, 3.8) is 0 Å². The minimum atomic E-state index is -3.64. The third-order valence-electron chi connectivity index (χ3n) is 4.74. The molecule has 1 N–H and O–H groups in total. The molecule has 1 aliphatic rings. The fraction of sp³-hybridized carbons (Fsp3) is 0.625. The van der Waals surface area contributed by atoms with Crippen LogP contribution >= 0.6 is 15.9 Å². The van der Waals surface area contributed by atoms with Crippen LogP contribution in [0.15, 0.2) is 21.5 Å². The van der Waals surface area contributed by atoms with E-state index in [4.69, 9.17) is 9.47 Å². The van der Waals surface area contributed by atoms with Crippen LogP contribution in [0.1, 0.15) is 33.1 Å². The summed E-state index contributed by atoms with van der Waals surface area (Å²) in [6, 6.07) is 3.06. The highest BCUT2D eigenvalue weighted by Gasteiger charge is 2.32. The van der Waals surface area contributed by atoms with Gasteiger partial charge in [0.15, 0.2) is 11.5 Å². The smallest absolute Gasteiger partial charge is 0.242 e. The average molecular weight is 406 g/mol. The van der Waals surface area contributed by atoms with Gasteiger partial charge < -0.3 is 9.47 Å². The van der Waals surface area contributed by atoms with Crippen molar-refractivity contribution in [3.05, 3.63) is 16.6 Å². The summed E-state index contributed by atoms with van der Waals surface area (Å²) >= 11 is 3.32. The van der Waals surface area contributed by atoms with Crippen molar-refractivity contribution in [3.8, 4) is 11.5 Å². The van der Waals surface area contributed by atoms with E-state index >= 15 is 0 Å². The Labute approximate surface area is 146 Å². The van der Waals surface area contributed by atoms with E-state index in [1.54, 1.807) is 6.07 Å². The maximum atomic E-state index is 12.8. The van der Waals surface area contributed by atoms with Gasteiger partial charge in [-0.1, -0.05) is 26.7 Å². The van der Waals surface area contributed by atoms with Crippen molar-refractivity contribution in [2.45, 2.75) is 44.0 Å². The summed E-state index contributed by atoms with van der Waals surface area (Å²) in [5.74, 6) is 1.71. The van der Waals surface area contributed by atoms with Crippen molar-refractivity contribution < 1.29 is 17.9 Å². The largest absolute Gasteiger partial charge is 0.493 e. The maximum Gasteiger partial charge on any atom is 0.242 e. The summed E-state index contributed by atoms with van der Waals surface area (Å²) in [5.41, 5.74) is 0. The van der Waals surface area contributed by atoms with Crippen molar-refractivity contribution in [1.82, 2.24) is 4.72 Å². The van der Waals surface area contributed by atoms with Gasteiger partial charge in [0.2, 0.25) is 10.0 Å². The summed E-state index contributed by atoms with van der Waals surface area (Å²) in [5, 5.41) is 0. The van der Waals surface area contributed by atoms with E-state index in [1.807, 2.05) is 0 Å². The lowest BCUT2D eigenvalue weighted by Gasteiger charge is -2.34. The number of ether oxygens (including phenoxy) is 2. The van der Waals surface area contributed by atoms with Crippen LogP contribution < -0.4 is 14.2 Å². The first kappa shape index (κ1) is 18.5. The quantitative estimate of drug-likeness (QED) is 0.812. The highest BCUT2D eigenvalue weighted by Crippen LogP contribution is 2.36. The second kappa shape index (κ2) is 7.40. The Morgan fingerprint density at radius 3 is 2.35 bits per heavy atom. The Kier molecular flexibility index (Phi) is 5.97. The van der Waals surface area contributed by atoms with Gasteiger partial charge in [0, 0.05) is 16.6 Å². The van der Waals surface area contributed by atoms with E-state index in [0.717, 1.165) is 19.3 Å². The Balaban J connectivity index is 2.32. The Morgan fingerprint density at radius 2 is 1.74 bits per heavy atom. The summed E-state index contributed by atoms with van der Waals surface area (Å²) in [6.07, 6.45) is 3.07. The van der Waals surface area contributed by atoms with Crippen LogP contribution in [0.5, 0.6) is 11.5 Å². The number of halogens is 1. The minimum Gasteiger partial charge on any atom is -0.493 e. The predicted molar refractivity (Wildman–Crippen MR) is 93.5 cm³/mol. The molecule has 1 aromatic carbocycles. The van der Waals surface area contributed by atoms with Crippen LogP contribution in [0.4, 0.5) is 0 Å². The lowest BCUT2D eigenvalue weighted by atomic mass is 9.78. The first-order valence-electron chi connectivity index (χ1n) is 7.74. The number of benzene rings is 1. The fourth-order valence-electron chi connectivity index (χ4n) is 3.05. The van der Waals surface area contributed by atoms with Gasteiger partial charge in [-0.05, 0) is 40.3 Å². The lowest BCUT2D eigenvalue weighted by molar-refractivity contribution is 0.227. The second-order valence-corrected chi connectivity index (χ2v) is 8.67. The van der Waals surface area contributed by atoms with Gasteiger partial charge in [0.25, 0.3) is 0 Å². The first-order valence-corrected chi connectivity index (χ1v) is 10.0. The molecule has 0 aliphatic heterocycles. The molecular weight excluding hydrogens is 382 g/mol. The van der Waals surface area contributed by atoms with Gasteiger partial charge in [0.05, 0.1) is 14.2 Å². The topological polar surface area (TPSA) is 64.6 Å². The Hall–Kier alpha value is -0.790. The zero-order valence-electron chi connectivity index (χ0n) is 13.9. The van der Waals surface area contributed by atoms with Crippen LogP contribution in [-0.2, 0) is 10.0 Å². The summed E-state index contributed by atoms with van der Waals surface area (Å²) in [4.78, 5) is 0.167. The zero-order chi connectivity index (χ0) is 17.2. The molecule has 1 fully saturated rings. The third kappa shape index (κ3) is 4.00. The number of methoxy groups -OCH3 is 2. The van der Waals surface area contributed by atoms with E-state index in [1.165, 1.54) is 20.3 Å². The van der Waals surface area contributed by atoms with Gasteiger partial charge in [-0.25, -0.2) is 13.1 Å². The number of rotatable bonds is 5. The summed E-state index contributed by atoms with van der Waals surface area (Å²) in [6.45, 7) is 4.29. The van der Waals surface area contributed by atoms with Crippen LogP contribution in [0.25, 0.3) is 0 Å². The Morgan fingerprint density at radius 1 is 1.13 bits per heavy atom. The molecule has 0 unspecified atom stereocenters. The van der Waals surface area contributed by atoms with Gasteiger partial charge in [-0.3, -0.25) is 0 Å². The van der Waals surface area contributed by atoms with E-state index in [0.29, 0.717) is 27.8 Å². The van der Waals surface area contributed by atoms with Gasteiger partial charge >= 0.3 is 0 Å². The molecule has 0 aromatic heterocycles. The Bertz CT molecular complexity index is 662. The van der Waals surface area contributed by atoms with E-state index in [2.05, 4.69) is 34.5 Å². The number of hydrogen-bond acceptors (Lipinski definition) is 4. The number of nitrogens with one attached hydrogen (secondary N) is 1. The lowest BCUT2D eigenvalue weighted by Crippen LogP contribution is -2.43. The molecule has 1 aliphatic carbocycles. The minimum absolute atomic E-state index is 0.0382. The van der Waals surface area contributed by atoms with Crippen molar-refractivity contribution in [1.29, 1.82) is 0 Å². The van der Waals surface area contributed by atoms with Gasteiger partial charge in [-0.15, -0.1) is 0 Å². The standard InChI is InChI=1S/C16H24BrNO4S/c1-10-6-5-7-13(11(10)2)18-23(19,20)16-9-15(22-4)14(21-3)8-12(16)17/h8-11,13,18H,5-7H2,1-4H3/t10-,11-,13-/m1/s1.